The predicted octanol–water partition coefficient (Wildman–Crippen LogP) is 9.40. The summed E-state index contributed by atoms with van der Waals surface area (Å²) in [7, 11) is -10.8. The second-order valence-corrected chi connectivity index (χ2v) is 15.2. The van der Waals surface area contributed by atoms with Crippen molar-refractivity contribution < 1.29 is 70.8 Å². The molecule has 5 rings (SSSR count). The van der Waals surface area contributed by atoms with E-state index < -0.39 is 93.3 Å². The van der Waals surface area contributed by atoms with Crippen LogP contribution in [0.25, 0.3) is 11.1 Å². The number of ether oxygens (including phenoxy) is 2. The summed E-state index contributed by atoms with van der Waals surface area (Å²) in [4.78, 5) is 6.72. The van der Waals surface area contributed by atoms with E-state index in [1.54, 1.807) is 19.1 Å². The number of carbonyl (C=O) groups excluding carboxylic acids is 1. The zero-order valence-electron chi connectivity index (χ0n) is 28.0. The second kappa shape index (κ2) is 14.5. The fourth-order valence-electron chi connectivity index (χ4n) is 5.30. The van der Waals surface area contributed by atoms with E-state index in [2.05, 4.69) is 0 Å². The maximum absolute atomic E-state index is 15.2. The van der Waals surface area contributed by atoms with Crippen LogP contribution in [0, 0.1) is 67.3 Å². The molecule has 1 N–H and O–H groups in total. The van der Waals surface area contributed by atoms with Crippen LogP contribution in [-0.2, 0) is 25.7 Å². The number of rotatable bonds is 10. The Hall–Kier alpha value is -5.33. The summed E-state index contributed by atoms with van der Waals surface area (Å²) in [6.07, 6.45) is 0. The Balaban J connectivity index is 1.45. The van der Waals surface area contributed by atoms with Gasteiger partial charge in [-0.3, -0.25) is 9.35 Å². The highest BCUT2D eigenvalue weighted by Crippen LogP contribution is 2.41. The molecule has 0 aliphatic heterocycles. The fraction of sp³-hybridized carbons (Fsp3) is 0.139. The highest BCUT2D eigenvalue weighted by atomic mass is 32.2. The summed E-state index contributed by atoms with van der Waals surface area (Å²) in [6.45, 7) is 4.83. The van der Waals surface area contributed by atoms with Crippen molar-refractivity contribution in [2.45, 2.75) is 43.2 Å². The quantitative estimate of drug-likeness (QED) is 0.0642. The van der Waals surface area contributed by atoms with Crippen molar-refractivity contribution >= 4 is 25.7 Å². The lowest BCUT2D eigenvalue weighted by Gasteiger charge is -2.16. The molecule has 0 amide bonds. The number of hydrogen-bond acceptors (Lipinski definition) is 7. The van der Waals surface area contributed by atoms with Crippen LogP contribution in [0.2, 0.25) is 0 Å². The highest BCUT2D eigenvalue weighted by molar-refractivity contribution is 7.91. The van der Waals surface area contributed by atoms with Crippen LogP contribution >= 0.6 is 0 Å². The Morgan fingerprint density at radius 1 is 0.593 bits per heavy atom. The van der Waals surface area contributed by atoms with E-state index in [1.165, 1.54) is 50.2 Å². The van der Waals surface area contributed by atoms with Gasteiger partial charge in [-0.2, -0.15) is 17.2 Å². The van der Waals surface area contributed by atoms with Crippen molar-refractivity contribution in [2.75, 3.05) is 0 Å². The molecule has 0 radical (unpaired) electrons. The third-order valence-electron chi connectivity index (χ3n) is 8.08. The van der Waals surface area contributed by atoms with Gasteiger partial charge in [0, 0.05) is 16.7 Å². The lowest BCUT2D eigenvalue weighted by molar-refractivity contribution is 0.101. The van der Waals surface area contributed by atoms with E-state index in [-0.39, 0.29) is 39.7 Å². The van der Waals surface area contributed by atoms with Gasteiger partial charge in [-0.25, -0.2) is 34.8 Å². The maximum atomic E-state index is 15.2. The topological polar surface area (TPSA) is 124 Å². The van der Waals surface area contributed by atoms with Crippen LogP contribution in [0.5, 0.6) is 23.0 Å². The molecule has 0 saturated carbocycles. The third kappa shape index (κ3) is 7.40. The van der Waals surface area contributed by atoms with Crippen molar-refractivity contribution in [3.8, 4) is 34.1 Å². The van der Waals surface area contributed by atoms with E-state index in [0.29, 0.717) is 23.6 Å². The van der Waals surface area contributed by atoms with Crippen molar-refractivity contribution in [1.82, 2.24) is 0 Å². The van der Waals surface area contributed by atoms with Crippen LogP contribution in [-0.4, -0.2) is 27.2 Å². The number of carbonyl (C=O) groups is 1. The molecule has 5 aromatic carbocycles. The Kier molecular flexibility index (Phi) is 10.7. The van der Waals surface area contributed by atoms with Gasteiger partial charge in [0.1, 0.15) is 32.8 Å². The zero-order chi connectivity index (χ0) is 40.2. The van der Waals surface area contributed by atoms with E-state index in [9.17, 15) is 43.7 Å². The van der Waals surface area contributed by atoms with Crippen molar-refractivity contribution in [3.63, 3.8) is 0 Å². The fourth-order valence-corrected chi connectivity index (χ4v) is 7.42. The first-order valence-corrected chi connectivity index (χ1v) is 18.2. The molecule has 0 aliphatic rings. The number of hydrogen-bond donors (Lipinski definition) is 1. The molecule has 5 aromatic rings. The largest absolute Gasteiger partial charge is 0.457 e. The van der Waals surface area contributed by atoms with Crippen LogP contribution in [0.4, 0.5) is 35.1 Å². The van der Waals surface area contributed by atoms with Crippen LogP contribution in [0.3, 0.4) is 0 Å². The summed E-state index contributed by atoms with van der Waals surface area (Å²) in [5.74, 6) is -23.0. The third-order valence-corrected chi connectivity index (χ3v) is 10.6. The number of halogens is 8. The summed E-state index contributed by atoms with van der Waals surface area (Å²) in [5.41, 5.74) is 0.530. The minimum atomic E-state index is -6.31. The highest BCUT2D eigenvalue weighted by Gasteiger charge is 2.40. The molecule has 0 spiro atoms. The number of Topliss-reactive ketones (excluding diaryl/α,β-unsaturated/α-hetero) is 1. The van der Waals surface area contributed by atoms with Gasteiger partial charge >= 0.3 is 0 Å². The maximum Gasteiger partial charge on any atom is 0.269 e. The summed E-state index contributed by atoms with van der Waals surface area (Å²) in [6, 6.07) is 12.7. The van der Waals surface area contributed by atoms with Crippen molar-refractivity contribution in [1.29, 1.82) is 0 Å². The molecule has 18 heteroatoms. The Morgan fingerprint density at radius 3 is 1.44 bits per heavy atom. The monoisotopic (exact) mass is 800 g/mol. The SMILES string of the molecule is CC(=O)c1ccc(Oc2ccc(-c3ccc(Oc4c(F)c(F)c(S(=O)(=O)c5c(F)c(F)c(C)c(F)c5F)c(F)c4F)c(C)c3)cc2C)c(CS(=O)(=O)O)c1. The van der Waals surface area contributed by atoms with Crippen molar-refractivity contribution in [2.24, 2.45) is 0 Å². The van der Waals surface area contributed by atoms with E-state index in [0.717, 1.165) is 6.07 Å². The van der Waals surface area contributed by atoms with E-state index >= 15 is 17.6 Å². The Labute approximate surface area is 302 Å². The molecule has 0 heterocycles. The normalized spacial score (nSPS) is 11.9. The van der Waals surface area contributed by atoms with Gasteiger partial charge in [0.15, 0.2) is 40.7 Å². The molecule has 0 atom stereocenters. The summed E-state index contributed by atoms with van der Waals surface area (Å²) >= 11 is 0. The molecule has 0 aromatic heterocycles. The number of ketones is 1. The average Bonchev–Trinajstić information content (AvgIpc) is 3.08. The molecule has 0 fully saturated rings. The van der Waals surface area contributed by atoms with Gasteiger partial charge in [0.2, 0.25) is 27.2 Å². The molecule has 0 bridgehead atoms. The summed E-state index contributed by atoms with van der Waals surface area (Å²) in [5, 5.41) is 0. The lowest BCUT2D eigenvalue weighted by atomic mass is 10.0. The minimum Gasteiger partial charge on any atom is -0.457 e. The summed E-state index contributed by atoms with van der Waals surface area (Å²) < 4.78 is 187. The van der Waals surface area contributed by atoms with Gasteiger partial charge in [-0.15, -0.1) is 0 Å². The predicted molar refractivity (Wildman–Crippen MR) is 176 cm³/mol. The van der Waals surface area contributed by atoms with Crippen LogP contribution < -0.4 is 9.47 Å². The van der Waals surface area contributed by atoms with Crippen LogP contribution in [0.15, 0.2) is 64.4 Å². The minimum absolute atomic E-state index is 0.0173. The number of benzene rings is 5. The van der Waals surface area contributed by atoms with Crippen LogP contribution in [0.1, 0.15) is 39.5 Å². The molecule has 0 aliphatic carbocycles. The Bertz CT molecular complexity index is 2570. The lowest BCUT2D eigenvalue weighted by Crippen LogP contribution is -2.17. The first-order chi connectivity index (χ1) is 25.0. The first kappa shape index (κ1) is 39.9. The standard InChI is InChI=1S/C36H24F8O8S2/c1-15-11-20(6-8-23(15)51-25-10-5-19(18(4)45)13-22(25)14-53(46,47)48)21-7-9-24(16(2)12-21)52-34-28(39)32(43)36(33(44)29(34)40)54(49,50)35-30(41)26(37)17(3)27(38)31(35)42/h5-13H,14H2,1-4H3,(H,46,47,48). The first-order valence-electron chi connectivity index (χ1n) is 15.1. The van der Waals surface area contributed by atoms with Gasteiger partial charge in [-0.05, 0) is 92.4 Å². The van der Waals surface area contributed by atoms with Crippen molar-refractivity contribution in [3.05, 3.63) is 129 Å². The molecule has 8 nitrogen and oxygen atoms in total. The average molecular weight is 801 g/mol. The molecular weight excluding hydrogens is 777 g/mol. The smallest absolute Gasteiger partial charge is 0.269 e. The van der Waals surface area contributed by atoms with E-state index in [1.807, 2.05) is 0 Å². The number of sulfone groups is 1. The Morgan fingerprint density at radius 2 is 1.02 bits per heavy atom. The zero-order valence-corrected chi connectivity index (χ0v) is 29.7. The van der Waals surface area contributed by atoms with Gasteiger partial charge in [0.05, 0.1) is 0 Å². The molecule has 0 unspecified atom stereocenters. The molecular formula is C36H24F8O8S2. The molecule has 284 valence electrons. The second-order valence-electron chi connectivity index (χ2n) is 11.9. The molecule has 0 saturated heterocycles. The van der Waals surface area contributed by atoms with Gasteiger partial charge < -0.3 is 9.47 Å². The molecule has 54 heavy (non-hydrogen) atoms. The van der Waals surface area contributed by atoms with Gasteiger partial charge in [-0.1, -0.05) is 12.1 Å². The van der Waals surface area contributed by atoms with Gasteiger partial charge in [0.25, 0.3) is 10.1 Å². The number of aryl methyl sites for hydroxylation is 2. The van der Waals surface area contributed by atoms with E-state index in [4.69, 9.17) is 9.47 Å².